The van der Waals surface area contributed by atoms with Crippen LogP contribution in [0.25, 0.3) is 11.4 Å². The predicted octanol–water partition coefficient (Wildman–Crippen LogP) is 3.29. The minimum absolute atomic E-state index is 0.113. The molecule has 0 aliphatic heterocycles. The Labute approximate surface area is 120 Å². The predicted molar refractivity (Wildman–Crippen MR) is 71.8 cm³/mol. The largest absolute Gasteiger partial charge is 0.324 e. The number of hydrogen-bond donors (Lipinski definition) is 1. The molecular formula is C15H14F3N3. The average molecular weight is 293 g/mol. The van der Waals surface area contributed by atoms with E-state index in [2.05, 4.69) is 9.97 Å². The quantitative estimate of drug-likeness (QED) is 0.648. The summed E-state index contributed by atoms with van der Waals surface area (Å²) in [5.41, 5.74) is 7.85. The van der Waals surface area contributed by atoms with E-state index >= 15 is 0 Å². The molecule has 1 unspecified atom stereocenters. The fraction of sp³-hybridized carbons (Fsp3) is 0.333. The molecule has 0 saturated carbocycles. The summed E-state index contributed by atoms with van der Waals surface area (Å²) in [6, 6.07) is 1.69. The summed E-state index contributed by atoms with van der Waals surface area (Å²) in [6.45, 7) is 0. The molecule has 110 valence electrons. The van der Waals surface area contributed by atoms with Crippen LogP contribution in [-0.2, 0) is 6.42 Å². The lowest BCUT2D eigenvalue weighted by atomic mass is 10.1. The highest BCUT2D eigenvalue weighted by Gasteiger charge is 2.19. The van der Waals surface area contributed by atoms with Crippen LogP contribution < -0.4 is 5.73 Å². The first-order valence-corrected chi connectivity index (χ1v) is 6.82. The molecule has 1 aromatic carbocycles. The molecule has 0 radical (unpaired) electrons. The van der Waals surface area contributed by atoms with Crippen LogP contribution >= 0.6 is 0 Å². The van der Waals surface area contributed by atoms with Gasteiger partial charge in [0.25, 0.3) is 0 Å². The zero-order valence-corrected chi connectivity index (χ0v) is 11.2. The van der Waals surface area contributed by atoms with Crippen LogP contribution in [0.2, 0.25) is 0 Å². The Morgan fingerprint density at radius 2 is 1.81 bits per heavy atom. The van der Waals surface area contributed by atoms with Gasteiger partial charge in [0, 0.05) is 29.1 Å². The van der Waals surface area contributed by atoms with Gasteiger partial charge in [-0.05, 0) is 31.4 Å². The number of rotatable bonds is 1. The lowest BCUT2D eigenvalue weighted by molar-refractivity contribution is 0.447. The number of nitrogens with zero attached hydrogens (tertiary/aromatic N) is 2. The Morgan fingerprint density at radius 3 is 2.52 bits per heavy atom. The minimum atomic E-state index is -1.49. The summed E-state index contributed by atoms with van der Waals surface area (Å²) in [7, 11) is 0. The average Bonchev–Trinajstić information content (AvgIpc) is 2.66. The minimum Gasteiger partial charge on any atom is -0.324 e. The smallest absolute Gasteiger partial charge is 0.194 e. The van der Waals surface area contributed by atoms with Crippen molar-refractivity contribution < 1.29 is 13.2 Å². The molecule has 1 aromatic heterocycles. The van der Waals surface area contributed by atoms with Crippen molar-refractivity contribution in [3.63, 3.8) is 0 Å². The zero-order chi connectivity index (χ0) is 15.0. The SMILES string of the molecule is NC1CCCCc2nc(-c3cc(F)c(F)c(F)c3)ncc21. The second kappa shape index (κ2) is 5.44. The molecule has 1 heterocycles. The Morgan fingerprint density at radius 1 is 1.10 bits per heavy atom. The fourth-order valence-corrected chi connectivity index (χ4v) is 2.57. The van der Waals surface area contributed by atoms with Gasteiger partial charge in [0.05, 0.1) is 0 Å². The number of halogens is 3. The van der Waals surface area contributed by atoms with Gasteiger partial charge in [-0.2, -0.15) is 0 Å². The molecule has 3 nitrogen and oxygen atoms in total. The first-order chi connectivity index (χ1) is 10.1. The van der Waals surface area contributed by atoms with E-state index in [-0.39, 0.29) is 17.4 Å². The van der Waals surface area contributed by atoms with E-state index in [0.29, 0.717) is 0 Å². The number of nitrogens with two attached hydrogens (primary N) is 1. The summed E-state index contributed by atoms with van der Waals surface area (Å²) >= 11 is 0. The van der Waals surface area contributed by atoms with Gasteiger partial charge in [0.2, 0.25) is 0 Å². The summed E-state index contributed by atoms with van der Waals surface area (Å²) in [6.07, 6.45) is 5.20. The molecule has 0 saturated heterocycles. The second-order valence-electron chi connectivity index (χ2n) is 5.20. The summed E-state index contributed by atoms with van der Waals surface area (Å²) in [5, 5.41) is 0. The molecule has 1 aliphatic rings. The third-order valence-electron chi connectivity index (χ3n) is 3.72. The highest BCUT2D eigenvalue weighted by atomic mass is 19.2. The molecule has 2 aromatic rings. The number of benzene rings is 1. The molecule has 0 amide bonds. The van der Waals surface area contributed by atoms with Crippen molar-refractivity contribution >= 4 is 0 Å². The van der Waals surface area contributed by atoms with E-state index in [0.717, 1.165) is 49.1 Å². The molecule has 6 heteroatoms. The normalized spacial score (nSPS) is 18.2. The molecule has 21 heavy (non-hydrogen) atoms. The summed E-state index contributed by atoms with van der Waals surface area (Å²) in [4.78, 5) is 8.48. The van der Waals surface area contributed by atoms with Gasteiger partial charge in [-0.25, -0.2) is 23.1 Å². The first-order valence-electron chi connectivity index (χ1n) is 6.82. The van der Waals surface area contributed by atoms with Crippen molar-refractivity contribution in [2.75, 3.05) is 0 Å². The van der Waals surface area contributed by atoms with E-state index in [1.165, 1.54) is 0 Å². The standard InChI is InChI=1S/C15H14F3N3/c16-10-5-8(6-11(17)14(10)18)15-20-7-9-12(19)3-1-2-4-13(9)21-15/h5-7,12H,1-4,19H2. The number of aromatic nitrogens is 2. The van der Waals surface area contributed by atoms with Gasteiger partial charge in [0.15, 0.2) is 23.3 Å². The Hall–Kier alpha value is -1.95. The van der Waals surface area contributed by atoms with Crippen LogP contribution in [-0.4, -0.2) is 9.97 Å². The molecule has 0 fully saturated rings. The molecule has 0 bridgehead atoms. The maximum absolute atomic E-state index is 13.3. The van der Waals surface area contributed by atoms with E-state index in [9.17, 15) is 13.2 Å². The van der Waals surface area contributed by atoms with Gasteiger partial charge in [-0.15, -0.1) is 0 Å². The number of fused-ring (bicyclic) bond motifs is 1. The summed E-state index contributed by atoms with van der Waals surface area (Å²) < 4.78 is 39.6. The molecule has 1 atom stereocenters. The van der Waals surface area contributed by atoms with Crippen molar-refractivity contribution in [2.24, 2.45) is 5.73 Å². The van der Waals surface area contributed by atoms with Crippen LogP contribution in [0.4, 0.5) is 13.2 Å². The van der Waals surface area contributed by atoms with Gasteiger partial charge in [-0.3, -0.25) is 0 Å². The lowest BCUT2D eigenvalue weighted by Crippen LogP contribution is -2.12. The zero-order valence-electron chi connectivity index (χ0n) is 11.2. The van der Waals surface area contributed by atoms with Gasteiger partial charge in [-0.1, -0.05) is 6.42 Å². The van der Waals surface area contributed by atoms with Crippen LogP contribution in [0.5, 0.6) is 0 Å². The van der Waals surface area contributed by atoms with Crippen LogP contribution in [0, 0.1) is 17.5 Å². The molecular weight excluding hydrogens is 279 g/mol. The van der Waals surface area contributed by atoms with E-state index in [1.807, 2.05) is 0 Å². The lowest BCUT2D eigenvalue weighted by Gasteiger charge is -2.12. The highest BCUT2D eigenvalue weighted by Crippen LogP contribution is 2.27. The van der Waals surface area contributed by atoms with E-state index in [1.54, 1.807) is 6.20 Å². The van der Waals surface area contributed by atoms with E-state index < -0.39 is 17.5 Å². The third-order valence-corrected chi connectivity index (χ3v) is 3.72. The maximum atomic E-state index is 13.3. The molecule has 2 N–H and O–H groups in total. The van der Waals surface area contributed by atoms with Crippen LogP contribution in [0.15, 0.2) is 18.3 Å². The van der Waals surface area contributed by atoms with Gasteiger partial charge >= 0.3 is 0 Å². The Balaban J connectivity index is 2.06. The Bertz CT molecular complexity index is 665. The third kappa shape index (κ3) is 2.63. The maximum Gasteiger partial charge on any atom is 0.194 e. The second-order valence-corrected chi connectivity index (χ2v) is 5.20. The van der Waals surface area contributed by atoms with Crippen molar-refractivity contribution in [1.82, 2.24) is 9.97 Å². The molecule has 0 spiro atoms. The van der Waals surface area contributed by atoms with Crippen molar-refractivity contribution in [3.05, 3.63) is 47.0 Å². The van der Waals surface area contributed by atoms with Crippen molar-refractivity contribution in [3.8, 4) is 11.4 Å². The molecule has 1 aliphatic carbocycles. The molecule has 3 rings (SSSR count). The fourth-order valence-electron chi connectivity index (χ4n) is 2.57. The number of hydrogen-bond acceptors (Lipinski definition) is 3. The summed E-state index contributed by atoms with van der Waals surface area (Å²) in [5.74, 6) is -3.81. The van der Waals surface area contributed by atoms with Crippen molar-refractivity contribution in [1.29, 1.82) is 0 Å². The highest BCUT2D eigenvalue weighted by molar-refractivity contribution is 5.55. The van der Waals surface area contributed by atoms with Crippen LogP contribution in [0.3, 0.4) is 0 Å². The van der Waals surface area contributed by atoms with Crippen molar-refractivity contribution in [2.45, 2.75) is 31.7 Å². The first kappa shape index (κ1) is 14.0. The van der Waals surface area contributed by atoms with Gasteiger partial charge in [0.1, 0.15) is 0 Å². The monoisotopic (exact) mass is 293 g/mol. The van der Waals surface area contributed by atoms with E-state index in [4.69, 9.17) is 5.73 Å². The number of aryl methyl sites for hydroxylation is 1. The topological polar surface area (TPSA) is 51.8 Å². The van der Waals surface area contributed by atoms with Gasteiger partial charge < -0.3 is 5.73 Å². The van der Waals surface area contributed by atoms with Crippen LogP contribution in [0.1, 0.15) is 36.6 Å². The Kier molecular flexibility index (Phi) is 3.63.